The molecule has 0 aliphatic rings. The van der Waals surface area contributed by atoms with E-state index in [2.05, 4.69) is 11.8 Å². The summed E-state index contributed by atoms with van der Waals surface area (Å²) in [7, 11) is 2.99. The van der Waals surface area contributed by atoms with Gasteiger partial charge in [-0.1, -0.05) is 42.2 Å². The lowest BCUT2D eigenvalue weighted by Crippen LogP contribution is -2.03. The van der Waals surface area contributed by atoms with E-state index in [9.17, 15) is 4.79 Å². The van der Waals surface area contributed by atoms with Gasteiger partial charge in [0.25, 0.3) is 0 Å². The zero-order valence-corrected chi connectivity index (χ0v) is 12.5. The van der Waals surface area contributed by atoms with Gasteiger partial charge in [-0.25, -0.2) is 4.79 Å². The third kappa shape index (κ3) is 3.77. The van der Waals surface area contributed by atoms with Crippen LogP contribution in [0.5, 0.6) is 5.75 Å². The Hall–Kier alpha value is -2.99. The van der Waals surface area contributed by atoms with Crippen molar-refractivity contribution in [2.75, 3.05) is 14.2 Å². The largest absolute Gasteiger partial charge is 0.496 e. The fourth-order valence-corrected chi connectivity index (χ4v) is 1.94. The molecule has 0 bridgehead atoms. The van der Waals surface area contributed by atoms with Crippen molar-refractivity contribution >= 4 is 12.0 Å². The number of ether oxygens (including phenoxy) is 2. The maximum Gasteiger partial charge on any atom is 0.339 e. The van der Waals surface area contributed by atoms with Crippen LogP contribution in [0.2, 0.25) is 0 Å². The van der Waals surface area contributed by atoms with Crippen molar-refractivity contribution in [1.29, 1.82) is 0 Å². The summed E-state index contributed by atoms with van der Waals surface area (Å²) in [4.78, 5) is 11.6. The first-order valence-electron chi connectivity index (χ1n) is 6.74. The van der Waals surface area contributed by atoms with Gasteiger partial charge < -0.3 is 9.47 Å². The molecule has 2 rings (SSSR count). The van der Waals surface area contributed by atoms with Crippen molar-refractivity contribution in [3.8, 4) is 17.6 Å². The van der Waals surface area contributed by atoms with Crippen molar-refractivity contribution in [2.45, 2.75) is 0 Å². The number of rotatable bonds is 3. The average molecular weight is 292 g/mol. The van der Waals surface area contributed by atoms with Crippen molar-refractivity contribution in [1.82, 2.24) is 0 Å². The summed E-state index contributed by atoms with van der Waals surface area (Å²) < 4.78 is 10.0. The van der Waals surface area contributed by atoms with Crippen LogP contribution in [0, 0.1) is 11.8 Å². The molecule has 0 aromatic heterocycles. The zero-order chi connectivity index (χ0) is 15.8. The molecule has 22 heavy (non-hydrogen) atoms. The molecule has 0 fully saturated rings. The highest BCUT2D eigenvalue weighted by molar-refractivity contribution is 5.92. The van der Waals surface area contributed by atoms with Crippen molar-refractivity contribution in [3.63, 3.8) is 0 Å². The minimum absolute atomic E-state index is 0.390. The van der Waals surface area contributed by atoms with E-state index >= 15 is 0 Å². The average Bonchev–Trinajstić information content (AvgIpc) is 2.58. The summed E-state index contributed by atoms with van der Waals surface area (Å²) in [6.07, 6.45) is 3.60. The van der Waals surface area contributed by atoms with Gasteiger partial charge in [-0.15, -0.1) is 0 Å². The van der Waals surface area contributed by atoms with Crippen molar-refractivity contribution < 1.29 is 14.3 Å². The Kier molecular flexibility index (Phi) is 5.39. The number of allylic oxidation sites excluding steroid dienone is 1. The van der Waals surface area contributed by atoms with Crippen molar-refractivity contribution in [2.24, 2.45) is 0 Å². The fourth-order valence-electron chi connectivity index (χ4n) is 1.94. The number of carbonyl (C=O) groups excluding carboxylic acids is 1. The molecule has 110 valence electrons. The number of para-hydroxylation sites is 1. The molecule has 0 amide bonds. The molecule has 0 atom stereocenters. The van der Waals surface area contributed by atoms with Gasteiger partial charge in [-0.2, -0.15) is 0 Å². The van der Waals surface area contributed by atoms with Crippen LogP contribution in [0.4, 0.5) is 0 Å². The molecule has 0 aliphatic heterocycles. The Morgan fingerprint density at radius 1 is 1.05 bits per heavy atom. The number of methoxy groups -OCH3 is 2. The Balaban J connectivity index is 2.21. The van der Waals surface area contributed by atoms with Crippen LogP contribution in [0.15, 0.2) is 54.6 Å². The number of benzene rings is 2. The topological polar surface area (TPSA) is 35.5 Å². The molecule has 3 heteroatoms. The molecule has 0 unspecified atom stereocenters. The van der Waals surface area contributed by atoms with Gasteiger partial charge in [0.1, 0.15) is 5.75 Å². The molecule has 3 nitrogen and oxygen atoms in total. The van der Waals surface area contributed by atoms with Gasteiger partial charge in [-0.3, -0.25) is 0 Å². The first-order chi connectivity index (χ1) is 10.8. The van der Waals surface area contributed by atoms with Crippen LogP contribution in [-0.4, -0.2) is 20.2 Å². The zero-order valence-electron chi connectivity index (χ0n) is 12.5. The number of hydrogen-bond acceptors (Lipinski definition) is 3. The Bertz CT molecular complexity index is 749. The van der Waals surface area contributed by atoms with E-state index in [1.54, 1.807) is 31.4 Å². The summed E-state index contributed by atoms with van der Waals surface area (Å²) in [5.41, 5.74) is 2.04. The van der Waals surface area contributed by atoms with Gasteiger partial charge in [0, 0.05) is 11.1 Å². The first-order valence-corrected chi connectivity index (χ1v) is 6.74. The van der Waals surface area contributed by atoms with Gasteiger partial charge in [0.05, 0.1) is 19.8 Å². The van der Waals surface area contributed by atoms with Crippen LogP contribution in [0.3, 0.4) is 0 Å². The van der Waals surface area contributed by atoms with E-state index in [1.807, 2.05) is 36.4 Å². The van der Waals surface area contributed by atoms with E-state index in [0.717, 1.165) is 11.3 Å². The summed E-state index contributed by atoms with van der Waals surface area (Å²) >= 11 is 0. The smallest absolute Gasteiger partial charge is 0.339 e. The van der Waals surface area contributed by atoms with Crippen LogP contribution in [0.1, 0.15) is 21.5 Å². The summed E-state index contributed by atoms with van der Waals surface area (Å²) in [5, 5.41) is 0. The standard InChI is InChI=1S/C19H16O3/c1-21-18-14-8-6-12-16(18)11-4-3-9-15-10-5-7-13-17(15)19(20)22-2/h4-8,10-14H,1-2H3/b11-4+. The molecule has 0 N–H and O–H groups in total. The van der Waals surface area contributed by atoms with Crippen LogP contribution in [-0.2, 0) is 4.74 Å². The summed E-state index contributed by atoms with van der Waals surface area (Å²) in [6, 6.07) is 14.8. The van der Waals surface area contributed by atoms with Crippen molar-refractivity contribution in [3.05, 3.63) is 71.3 Å². The lowest BCUT2D eigenvalue weighted by Gasteiger charge is -2.02. The van der Waals surface area contributed by atoms with E-state index in [4.69, 9.17) is 9.47 Å². The van der Waals surface area contributed by atoms with Crippen LogP contribution in [0.25, 0.3) is 6.08 Å². The maximum absolute atomic E-state index is 11.6. The highest BCUT2D eigenvalue weighted by Crippen LogP contribution is 2.18. The minimum Gasteiger partial charge on any atom is -0.496 e. The minimum atomic E-state index is -0.390. The van der Waals surface area contributed by atoms with Gasteiger partial charge in [0.15, 0.2) is 0 Å². The van der Waals surface area contributed by atoms with Gasteiger partial charge in [0.2, 0.25) is 0 Å². The number of esters is 1. The summed E-state index contributed by atoms with van der Waals surface area (Å²) in [6.45, 7) is 0. The number of carbonyl (C=O) groups is 1. The van der Waals surface area contributed by atoms with E-state index < -0.39 is 5.97 Å². The lowest BCUT2D eigenvalue weighted by atomic mass is 10.1. The molecule has 2 aromatic carbocycles. The highest BCUT2D eigenvalue weighted by Gasteiger charge is 2.08. The molecule has 0 heterocycles. The fraction of sp³-hybridized carbons (Fsp3) is 0.105. The van der Waals surface area contributed by atoms with Crippen LogP contribution < -0.4 is 4.74 Å². The third-order valence-corrected chi connectivity index (χ3v) is 3.02. The van der Waals surface area contributed by atoms with E-state index in [-0.39, 0.29) is 0 Å². The molecule has 0 saturated heterocycles. The highest BCUT2D eigenvalue weighted by atomic mass is 16.5. The van der Waals surface area contributed by atoms with Gasteiger partial charge >= 0.3 is 5.97 Å². The normalized spacial score (nSPS) is 9.91. The van der Waals surface area contributed by atoms with E-state index in [1.165, 1.54) is 7.11 Å². The third-order valence-electron chi connectivity index (χ3n) is 3.02. The second kappa shape index (κ2) is 7.70. The summed E-state index contributed by atoms with van der Waals surface area (Å²) in [5.74, 6) is 6.28. The number of hydrogen-bond donors (Lipinski definition) is 0. The first kappa shape index (κ1) is 15.4. The second-order valence-electron chi connectivity index (χ2n) is 4.38. The molecule has 2 aromatic rings. The Morgan fingerprint density at radius 2 is 1.77 bits per heavy atom. The van der Waals surface area contributed by atoms with Gasteiger partial charge in [-0.05, 0) is 30.4 Å². The predicted molar refractivity (Wildman–Crippen MR) is 86.7 cm³/mol. The molecule has 0 spiro atoms. The quantitative estimate of drug-likeness (QED) is 0.641. The predicted octanol–water partition coefficient (Wildman–Crippen LogP) is 3.55. The molecule has 0 radical (unpaired) electrons. The molecular formula is C19H16O3. The molecule has 0 aliphatic carbocycles. The molecular weight excluding hydrogens is 276 g/mol. The lowest BCUT2D eigenvalue weighted by molar-refractivity contribution is 0.0600. The Morgan fingerprint density at radius 3 is 2.55 bits per heavy atom. The van der Waals surface area contributed by atoms with E-state index in [0.29, 0.717) is 11.1 Å². The molecule has 0 saturated carbocycles. The maximum atomic E-state index is 11.6. The SMILES string of the molecule is COC(=O)c1ccccc1C#C/C=C/c1ccccc1OC. The van der Waals surface area contributed by atoms with Crippen LogP contribution >= 0.6 is 0 Å². The monoisotopic (exact) mass is 292 g/mol. The Labute approximate surface area is 130 Å². The second-order valence-corrected chi connectivity index (χ2v) is 4.38.